The van der Waals surface area contributed by atoms with E-state index in [2.05, 4.69) is 0 Å². The van der Waals surface area contributed by atoms with Gasteiger partial charge in [0.25, 0.3) is 11.1 Å². The quantitative estimate of drug-likeness (QED) is 0.351. The van der Waals surface area contributed by atoms with Crippen molar-refractivity contribution in [1.29, 1.82) is 0 Å². The number of rotatable bonds is 5. The molecule has 0 spiro atoms. The molecule has 0 saturated carbocycles. The highest BCUT2D eigenvalue weighted by molar-refractivity contribution is 8.18. The van der Waals surface area contributed by atoms with Gasteiger partial charge in [-0.15, -0.1) is 0 Å². The van der Waals surface area contributed by atoms with Crippen molar-refractivity contribution in [2.75, 3.05) is 7.11 Å². The van der Waals surface area contributed by atoms with Crippen LogP contribution in [0.4, 0.5) is 10.5 Å². The summed E-state index contributed by atoms with van der Waals surface area (Å²) in [5.41, 5.74) is 0.543. The maximum absolute atomic E-state index is 12.9. The molecule has 3 aromatic rings. The molecular weight excluding hydrogens is 420 g/mol. The first-order chi connectivity index (χ1) is 14.9. The number of methoxy groups -OCH3 is 1. The van der Waals surface area contributed by atoms with Crippen molar-refractivity contribution in [2.24, 2.45) is 0 Å². The van der Waals surface area contributed by atoms with Gasteiger partial charge in [0.05, 0.1) is 23.5 Å². The van der Waals surface area contributed by atoms with Gasteiger partial charge in [-0.25, -0.2) is 0 Å². The van der Waals surface area contributed by atoms with Gasteiger partial charge in [-0.1, -0.05) is 42.5 Å². The fraction of sp³-hybridized carbons (Fsp3) is 0.0909. The minimum Gasteiger partial charge on any atom is -0.500 e. The number of hydrogen-bond donors (Lipinski definition) is 1. The van der Waals surface area contributed by atoms with E-state index in [1.807, 2.05) is 42.5 Å². The second kappa shape index (κ2) is 8.11. The van der Waals surface area contributed by atoms with Gasteiger partial charge >= 0.3 is 5.69 Å². The number of hydrogen-bond acceptors (Lipinski definition) is 7. The van der Waals surface area contributed by atoms with Crippen LogP contribution in [0.1, 0.15) is 11.1 Å². The highest BCUT2D eigenvalue weighted by atomic mass is 32.2. The van der Waals surface area contributed by atoms with Crippen molar-refractivity contribution >= 4 is 45.4 Å². The normalized spacial score (nSPS) is 15.1. The topological polar surface area (TPSA) is 110 Å². The van der Waals surface area contributed by atoms with Crippen molar-refractivity contribution in [1.82, 2.24) is 4.90 Å². The van der Waals surface area contributed by atoms with Crippen molar-refractivity contribution in [2.45, 2.75) is 6.54 Å². The molecule has 4 rings (SSSR count). The second-order valence-electron chi connectivity index (χ2n) is 6.75. The van der Waals surface area contributed by atoms with Crippen LogP contribution in [0.5, 0.6) is 11.5 Å². The molecule has 1 heterocycles. The molecule has 1 saturated heterocycles. The SMILES string of the molecule is COc1cc(/C=C2/SC(=O)N(Cc3cccc4ccccc34)C2=O)cc([N+](=O)[O-])c1O. The van der Waals surface area contributed by atoms with Crippen LogP contribution in [0.15, 0.2) is 59.5 Å². The molecule has 1 fully saturated rings. The van der Waals surface area contributed by atoms with Crippen LogP contribution in [0.3, 0.4) is 0 Å². The molecule has 0 aliphatic carbocycles. The lowest BCUT2D eigenvalue weighted by Gasteiger charge is -2.14. The van der Waals surface area contributed by atoms with Gasteiger partial charge in [0.1, 0.15) is 0 Å². The molecule has 0 atom stereocenters. The number of benzene rings is 3. The molecule has 2 amide bonds. The number of aromatic hydroxyl groups is 1. The standard InChI is InChI=1S/C22H16N2O6S/c1-30-18-10-13(9-17(20(18)25)24(28)29)11-19-21(26)23(22(27)31-19)12-15-7-4-6-14-5-2-3-8-16(14)15/h2-11,25H,12H2,1H3/b19-11+. The Morgan fingerprint density at radius 1 is 1.16 bits per heavy atom. The van der Waals surface area contributed by atoms with E-state index in [0.717, 1.165) is 39.1 Å². The van der Waals surface area contributed by atoms with E-state index in [9.17, 15) is 24.8 Å². The number of thioether (sulfide) groups is 1. The summed E-state index contributed by atoms with van der Waals surface area (Å²) in [6, 6.07) is 15.9. The minimum atomic E-state index is -0.749. The predicted octanol–water partition coefficient (Wildman–Crippen LogP) is 4.70. The molecule has 0 aromatic heterocycles. The first kappa shape index (κ1) is 20.4. The number of nitro benzene ring substituents is 1. The van der Waals surface area contributed by atoms with Gasteiger partial charge in [0.15, 0.2) is 5.75 Å². The molecule has 1 aliphatic rings. The number of nitro groups is 1. The number of carbonyl (C=O) groups excluding carboxylic acids is 2. The van der Waals surface area contributed by atoms with E-state index in [1.165, 1.54) is 19.3 Å². The van der Waals surface area contributed by atoms with Gasteiger partial charge in [-0.3, -0.25) is 24.6 Å². The van der Waals surface area contributed by atoms with Crippen molar-refractivity contribution in [3.05, 3.63) is 80.7 Å². The number of ether oxygens (including phenoxy) is 1. The highest BCUT2D eigenvalue weighted by Crippen LogP contribution is 2.39. The van der Waals surface area contributed by atoms with Gasteiger partial charge in [0.2, 0.25) is 5.75 Å². The van der Waals surface area contributed by atoms with E-state index in [1.54, 1.807) is 0 Å². The smallest absolute Gasteiger partial charge is 0.315 e. The third kappa shape index (κ3) is 3.82. The zero-order valence-corrected chi connectivity index (χ0v) is 17.1. The van der Waals surface area contributed by atoms with Crippen LogP contribution in [-0.4, -0.2) is 33.2 Å². The molecular formula is C22H16N2O6S. The molecule has 31 heavy (non-hydrogen) atoms. The molecule has 8 nitrogen and oxygen atoms in total. The van der Waals surface area contributed by atoms with E-state index in [-0.39, 0.29) is 22.8 Å². The molecule has 0 radical (unpaired) electrons. The van der Waals surface area contributed by atoms with Crippen LogP contribution >= 0.6 is 11.8 Å². The summed E-state index contributed by atoms with van der Waals surface area (Å²) in [6.07, 6.45) is 1.38. The Morgan fingerprint density at radius 3 is 2.65 bits per heavy atom. The summed E-state index contributed by atoms with van der Waals surface area (Å²) in [7, 11) is 1.26. The van der Waals surface area contributed by atoms with E-state index < -0.39 is 27.5 Å². The maximum atomic E-state index is 12.9. The average molecular weight is 436 g/mol. The van der Waals surface area contributed by atoms with Gasteiger partial charge in [-0.05, 0) is 45.8 Å². The van der Waals surface area contributed by atoms with Crippen molar-refractivity contribution < 1.29 is 24.4 Å². The summed E-state index contributed by atoms with van der Waals surface area (Å²) < 4.78 is 4.98. The summed E-state index contributed by atoms with van der Waals surface area (Å²) in [6.45, 7) is 0.113. The third-order valence-corrected chi connectivity index (χ3v) is 5.78. The third-order valence-electron chi connectivity index (χ3n) is 4.87. The van der Waals surface area contributed by atoms with Crippen LogP contribution < -0.4 is 4.74 Å². The number of imide groups is 1. The Kier molecular flexibility index (Phi) is 5.35. The Balaban J connectivity index is 1.66. The number of phenolic OH excluding ortho intramolecular Hbond substituents is 1. The lowest BCUT2D eigenvalue weighted by atomic mass is 10.0. The Hall–Kier alpha value is -3.85. The summed E-state index contributed by atoms with van der Waals surface area (Å²) >= 11 is 0.759. The summed E-state index contributed by atoms with van der Waals surface area (Å²) in [4.78, 5) is 37.2. The van der Waals surface area contributed by atoms with E-state index >= 15 is 0 Å². The number of amides is 2. The minimum absolute atomic E-state index is 0.101. The lowest BCUT2D eigenvalue weighted by molar-refractivity contribution is -0.386. The first-order valence-electron chi connectivity index (χ1n) is 9.16. The maximum Gasteiger partial charge on any atom is 0.315 e. The van der Waals surface area contributed by atoms with Crippen LogP contribution in [0.2, 0.25) is 0 Å². The monoisotopic (exact) mass is 436 g/mol. The molecule has 9 heteroatoms. The summed E-state index contributed by atoms with van der Waals surface area (Å²) in [5.74, 6) is -1.19. The molecule has 0 bridgehead atoms. The molecule has 1 N–H and O–H groups in total. The Labute approximate surface area is 180 Å². The fourth-order valence-corrected chi connectivity index (χ4v) is 4.22. The largest absolute Gasteiger partial charge is 0.500 e. The Bertz CT molecular complexity index is 1260. The average Bonchev–Trinajstić information content (AvgIpc) is 3.02. The molecule has 3 aromatic carbocycles. The summed E-state index contributed by atoms with van der Waals surface area (Å²) in [5, 5.41) is 22.6. The molecule has 0 unspecified atom stereocenters. The van der Waals surface area contributed by atoms with Crippen molar-refractivity contribution in [3.8, 4) is 11.5 Å². The predicted molar refractivity (Wildman–Crippen MR) is 117 cm³/mol. The zero-order chi connectivity index (χ0) is 22.1. The van der Waals surface area contributed by atoms with E-state index in [4.69, 9.17) is 4.74 Å². The first-order valence-corrected chi connectivity index (χ1v) is 9.98. The molecule has 156 valence electrons. The fourth-order valence-electron chi connectivity index (χ4n) is 3.38. The number of phenols is 1. The van der Waals surface area contributed by atoms with Crippen molar-refractivity contribution in [3.63, 3.8) is 0 Å². The lowest BCUT2D eigenvalue weighted by Crippen LogP contribution is -2.27. The van der Waals surface area contributed by atoms with Gasteiger partial charge < -0.3 is 9.84 Å². The van der Waals surface area contributed by atoms with Crippen LogP contribution in [-0.2, 0) is 11.3 Å². The molecule has 1 aliphatic heterocycles. The zero-order valence-electron chi connectivity index (χ0n) is 16.3. The number of carbonyl (C=O) groups is 2. The second-order valence-corrected chi connectivity index (χ2v) is 7.75. The highest BCUT2D eigenvalue weighted by Gasteiger charge is 2.35. The number of fused-ring (bicyclic) bond motifs is 1. The van der Waals surface area contributed by atoms with Crippen LogP contribution in [0.25, 0.3) is 16.8 Å². The van der Waals surface area contributed by atoms with Crippen LogP contribution in [0, 0.1) is 10.1 Å². The van der Waals surface area contributed by atoms with E-state index in [0.29, 0.717) is 0 Å². The number of nitrogens with zero attached hydrogens (tertiary/aromatic N) is 2. The van der Waals surface area contributed by atoms with Gasteiger partial charge in [0, 0.05) is 6.07 Å². The van der Waals surface area contributed by atoms with Gasteiger partial charge in [-0.2, -0.15) is 0 Å². The Morgan fingerprint density at radius 2 is 1.90 bits per heavy atom.